The number of likely N-dealkylation sites (tertiary alicyclic amines) is 1. The van der Waals surface area contributed by atoms with Crippen molar-refractivity contribution < 1.29 is 19.1 Å². The Morgan fingerprint density at radius 2 is 2.08 bits per heavy atom. The maximum absolute atomic E-state index is 12.4. The highest BCUT2D eigenvalue weighted by molar-refractivity contribution is 5.91. The number of rotatable bonds is 2. The SMILES string of the molecule is COC(=O)c1ccc2c(C3CCCN(C(=O)OC(C)(C)C)C3)c[nH]c2n1. The molecule has 26 heavy (non-hydrogen) atoms. The molecule has 1 aliphatic heterocycles. The predicted octanol–water partition coefficient (Wildman–Crippen LogP) is 3.46. The van der Waals surface area contributed by atoms with E-state index in [0.29, 0.717) is 18.7 Å². The van der Waals surface area contributed by atoms with Gasteiger partial charge >= 0.3 is 12.1 Å². The number of amides is 1. The van der Waals surface area contributed by atoms with E-state index in [9.17, 15) is 9.59 Å². The molecule has 0 spiro atoms. The topological polar surface area (TPSA) is 84.5 Å². The number of aromatic amines is 1. The first kappa shape index (κ1) is 18.2. The number of ether oxygens (including phenoxy) is 2. The van der Waals surface area contributed by atoms with Crippen LogP contribution in [0.4, 0.5) is 4.79 Å². The van der Waals surface area contributed by atoms with Gasteiger partial charge in [-0.2, -0.15) is 0 Å². The van der Waals surface area contributed by atoms with Crippen molar-refractivity contribution in [2.24, 2.45) is 0 Å². The molecule has 3 rings (SSSR count). The minimum absolute atomic E-state index is 0.204. The Balaban J connectivity index is 1.80. The summed E-state index contributed by atoms with van der Waals surface area (Å²) in [5.41, 5.74) is 1.53. The van der Waals surface area contributed by atoms with Crippen LogP contribution in [-0.2, 0) is 9.47 Å². The van der Waals surface area contributed by atoms with Gasteiger partial charge in [-0.15, -0.1) is 0 Å². The van der Waals surface area contributed by atoms with Gasteiger partial charge < -0.3 is 19.4 Å². The van der Waals surface area contributed by atoms with Crippen molar-refractivity contribution in [3.05, 3.63) is 29.6 Å². The molecule has 140 valence electrons. The number of hydrogen-bond donors (Lipinski definition) is 1. The number of nitrogens with one attached hydrogen (secondary N) is 1. The number of carbonyl (C=O) groups excluding carboxylic acids is 2. The fraction of sp³-hybridized carbons (Fsp3) is 0.526. The zero-order chi connectivity index (χ0) is 18.9. The Morgan fingerprint density at radius 1 is 1.31 bits per heavy atom. The molecule has 1 unspecified atom stereocenters. The summed E-state index contributed by atoms with van der Waals surface area (Å²) in [5.74, 6) is -0.257. The molecular formula is C19H25N3O4. The number of carbonyl (C=O) groups is 2. The first-order valence-corrected chi connectivity index (χ1v) is 8.83. The molecule has 0 radical (unpaired) electrons. The summed E-state index contributed by atoms with van der Waals surface area (Å²) in [6.45, 7) is 6.93. The largest absolute Gasteiger partial charge is 0.464 e. The molecule has 2 aromatic heterocycles. The summed E-state index contributed by atoms with van der Waals surface area (Å²) in [6, 6.07) is 3.55. The molecule has 1 N–H and O–H groups in total. The molecule has 2 aromatic rings. The maximum Gasteiger partial charge on any atom is 0.410 e. The van der Waals surface area contributed by atoms with Crippen LogP contribution in [0, 0.1) is 0 Å². The quantitative estimate of drug-likeness (QED) is 0.830. The minimum atomic E-state index is -0.501. The summed E-state index contributed by atoms with van der Waals surface area (Å²) < 4.78 is 10.2. The smallest absolute Gasteiger partial charge is 0.410 e. The van der Waals surface area contributed by atoms with Gasteiger partial charge in [-0.3, -0.25) is 0 Å². The Kier molecular flexibility index (Phi) is 4.89. The molecule has 7 nitrogen and oxygen atoms in total. The number of esters is 1. The van der Waals surface area contributed by atoms with E-state index < -0.39 is 11.6 Å². The fourth-order valence-electron chi connectivity index (χ4n) is 3.31. The van der Waals surface area contributed by atoms with Crippen molar-refractivity contribution in [1.82, 2.24) is 14.9 Å². The summed E-state index contributed by atoms with van der Waals surface area (Å²) in [6.07, 6.45) is 3.56. The highest BCUT2D eigenvalue weighted by atomic mass is 16.6. The van der Waals surface area contributed by atoms with Crippen molar-refractivity contribution in [3.63, 3.8) is 0 Å². The lowest BCUT2D eigenvalue weighted by molar-refractivity contribution is 0.0198. The number of hydrogen-bond acceptors (Lipinski definition) is 5. The van der Waals surface area contributed by atoms with Crippen molar-refractivity contribution >= 4 is 23.1 Å². The third-order valence-corrected chi connectivity index (χ3v) is 4.48. The van der Waals surface area contributed by atoms with E-state index in [4.69, 9.17) is 9.47 Å². The number of fused-ring (bicyclic) bond motifs is 1. The Bertz CT molecular complexity index is 822. The van der Waals surface area contributed by atoms with Gasteiger partial charge in [-0.25, -0.2) is 14.6 Å². The van der Waals surface area contributed by atoms with E-state index in [-0.39, 0.29) is 17.7 Å². The average Bonchev–Trinajstić information content (AvgIpc) is 3.02. The second-order valence-corrected chi connectivity index (χ2v) is 7.59. The van der Waals surface area contributed by atoms with Gasteiger partial charge in [0.1, 0.15) is 11.2 Å². The van der Waals surface area contributed by atoms with Crippen LogP contribution >= 0.6 is 0 Å². The van der Waals surface area contributed by atoms with Crippen LogP contribution in [0.5, 0.6) is 0 Å². The minimum Gasteiger partial charge on any atom is -0.464 e. The van der Waals surface area contributed by atoms with Gasteiger partial charge in [0.15, 0.2) is 5.69 Å². The Labute approximate surface area is 152 Å². The van der Waals surface area contributed by atoms with Crippen LogP contribution in [0.15, 0.2) is 18.3 Å². The van der Waals surface area contributed by atoms with Gasteiger partial charge in [-0.05, 0) is 51.3 Å². The number of aromatic nitrogens is 2. The van der Waals surface area contributed by atoms with E-state index in [1.54, 1.807) is 11.0 Å². The van der Waals surface area contributed by atoms with Crippen LogP contribution in [0.1, 0.15) is 55.6 Å². The van der Waals surface area contributed by atoms with Gasteiger partial charge in [0, 0.05) is 30.6 Å². The lowest BCUT2D eigenvalue weighted by Gasteiger charge is -2.34. The van der Waals surface area contributed by atoms with E-state index in [1.807, 2.05) is 33.0 Å². The second kappa shape index (κ2) is 6.97. The molecule has 0 saturated carbocycles. The van der Waals surface area contributed by atoms with E-state index >= 15 is 0 Å². The van der Waals surface area contributed by atoms with Crippen molar-refractivity contribution in [2.45, 2.75) is 45.1 Å². The van der Waals surface area contributed by atoms with E-state index in [2.05, 4.69) is 9.97 Å². The molecule has 0 aromatic carbocycles. The molecule has 1 saturated heterocycles. The molecule has 1 amide bonds. The number of piperidine rings is 1. The third-order valence-electron chi connectivity index (χ3n) is 4.48. The zero-order valence-electron chi connectivity index (χ0n) is 15.7. The number of H-pyrrole nitrogens is 1. The number of pyridine rings is 1. The van der Waals surface area contributed by atoms with Crippen molar-refractivity contribution in [3.8, 4) is 0 Å². The first-order chi connectivity index (χ1) is 12.3. The molecule has 1 aliphatic rings. The summed E-state index contributed by atoms with van der Waals surface area (Å²) in [5, 5.41) is 0.966. The van der Waals surface area contributed by atoms with Crippen LogP contribution in [0.3, 0.4) is 0 Å². The summed E-state index contributed by atoms with van der Waals surface area (Å²) in [4.78, 5) is 33.3. The van der Waals surface area contributed by atoms with Gasteiger partial charge in [0.05, 0.1) is 7.11 Å². The maximum atomic E-state index is 12.4. The Hall–Kier alpha value is -2.57. The second-order valence-electron chi connectivity index (χ2n) is 7.59. The Morgan fingerprint density at radius 3 is 2.77 bits per heavy atom. The fourth-order valence-corrected chi connectivity index (χ4v) is 3.31. The van der Waals surface area contributed by atoms with Crippen LogP contribution in [0.2, 0.25) is 0 Å². The van der Waals surface area contributed by atoms with Crippen LogP contribution in [-0.4, -0.2) is 52.7 Å². The average molecular weight is 359 g/mol. The van der Waals surface area contributed by atoms with Crippen LogP contribution in [0.25, 0.3) is 11.0 Å². The predicted molar refractivity (Wildman–Crippen MR) is 97.2 cm³/mol. The van der Waals surface area contributed by atoms with E-state index in [1.165, 1.54) is 7.11 Å². The molecule has 3 heterocycles. The third kappa shape index (κ3) is 3.81. The monoisotopic (exact) mass is 359 g/mol. The van der Waals surface area contributed by atoms with Crippen molar-refractivity contribution in [1.29, 1.82) is 0 Å². The molecule has 1 fully saturated rings. The first-order valence-electron chi connectivity index (χ1n) is 8.83. The lowest BCUT2D eigenvalue weighted by Crippen LogP contribution is -2.42. The van der Waals surface area contributed by atoms with Gasteiger partial charge in [0.25, 0.3) is 0 Å². The molecule has 0 aliphatic carbocycles. The number of methoxy groups -OCH3 is 1. The molecule has 0 bridgehead atoms. The summed E-state index contributed by atoms with van der Waals surface area (Å²) in [7, 11) is 1.33. The zero-order valence-corrected chi connectivity index (χ0v) is 15.7. The molecule has 7 heteroatoms. The highest BCUT2D eigenvalue weighted by Gasteiger charge is 2.29. The van der Waals surface area contributed by atoms with Crippen molar-refractivity contribution in [2.75, 3.05) is 20.2 Å². The highest BCUT2D eigenvalue weighted by Crippen LogP contribution is 2.32. The van der Waals surface area contributed by atoms with E-state index in [0.717, 1.165) is 23.8 Å². The normalized spacial score (nSPS) is 18.0. The number of nitrogens with zero attached hydrogens (tertiary/aromatic N) is 2. The molecule has 1 atom stereocenters. The van der Waals surface area contributed by atoms with Gasteiger partial charge in [-0.1, -0.05) is 0 Å². The standard InChI is InChI=1S/C19H25N3O4/c1-19(2,3)26-18(24)22-9-5-6-12(11-22)14-10-20-16-13(14)7-8-15(21-16)17(23)25-4/h7-8,10,12H,5-6,9,11H2,1-4H3,(H,20,21). The van der Waals surface area contributed by atoms with Gasteiger partial charge in [0.2, 0.25) is 0 Å². The molecular weight excluding hydrogens is 334 g/mol. The van der Waals surface area contributed by atoms with Crippen LogP contribution < -0.4 is 0 Å². The summed E-state index contributed by atoms with van der Waals surface area (Å²) >= 11 is 0. The lowest BCUT2D eigenvalue weighted by atomic mass is 9.91.